The molecule has 0 aliphatic carbocycles. The van der Waals surface area contributed by atoms with Gasteiger partial charge in [0.1, 0.15) is 17.4 Å². The molecule has 0 unspecified atom stereocenters. The molecule has 1 aromatic heterocycles. The fourth-order valence-corrected chi connectivity index (χ4v) is 3.52. The van der Waals surface area contributed by atoms with Gasteiger partial charge in [0.15, 0.2) is 0 Å². The van der Waals surface area contributed by atoms with Gasteiger partial charge in [-0.1, -0.05) is 41.4 Å². The summed E-state index contributed by atoms with van der Waals surface area (Å²) < 4.78 is 45.5. The zero-order valence-electron chi connectivity index (χ0n) is 16.3. The van der Waals surface area contributed by atoms with Crippen molar-refractivity contribution < 1.29 is 27.8 Å². The van der Waals surface area contributed by atoms with Crippen LogP contribution in [0.4, 0.5) is 13.2 Å². The molecule has 10 heteroatoms. The van der Waals surface area contributed by atoms with E-state index in [4.69, 9.17) is 33.0 Å². The third-order valence-electron chi connectivity index (χ3n) is 4.67. The molecule has 1 N–H and O–H groups in total. The van der Waals surface area contributed by atoms with Crippen molar-refractivity contribution in [1.82, 2.24) is 4.57 Å². The number of aromatic nitrogens is 1. The van der Waals surface area contributed by atoms with Crippen molar-refractivity contribution in [2.45, 2.75) is 25.7 Å². The molecule has 32 heavy (non-hydrogen) atoms. The number of hydrogen-bond donors (Lipinski definition) is 1. The van der Waals surface area contributed by atoms with E-state index in [1.807, 2.05) is 0 Å². The predicted molar refractivity (Wildman–Crippen MR) is 114 cm³/mol. The molecule has 0 aliphatic rings. The quantitative estimate of drug-likeness (QED) is 0.466. The highest BCUT2D eigenvalue weighted by Crippen LogP contribution is 2.31. The standard InChI is InChI=1S/C22H16Cl2F3NO4/c23-17-11-18(24)20(29)28(9-8-13-4-6-14(7-5-13)21(30)31)19(17)12-32-16-3-1-2-15(10-16)22(25,26)27/h1-7,10-11H,8-9,12H2,(H,30,31). The average Bonchev–Trinajstić information content (AvgIpc) is 2.74. The Morgan fingerprint density at radius 2 is 1.72 bits per heavy atom. The first-order valence-electron chi connectivity index (χ1n) is 9.26. The van der Waals surface area contributed by atoms with Crippen molar-refractivity contribution in [3.05, 3.63) is 97.4 Å². The molecule has 3 aromatic rings. The van der Waals surface area contributed by atoms with Crippen molar-refractivity contribution in [2.75, 3.05) is 0 Å². The number of halogens is 5. The van der Waals surface area contributed by atoms with Gasteiger partial charge in [0, 0.05) is 6.54 Å². The van der Waals surface area contributed by atoms with Gasteiger partial charge in [-0.25, -0.2) is 4.79 Å². The van der Waals surface area contributed by atoms with Gasteiger partial charge in [-0.2, -0.15) is 13.2 Å². The number of alkyl halides is 3. The molecule has 0 amide bonds. The molecule has 5 nitrogen and oxygen atoms in total. The van der Waals surface area contributed by atoms with Crippen LogP contribution in [0, 0.1) is 0 Å². The number of benzene rings is 2. The van der Waals surface area contributed by atoms with Crippen molar-refractivity contribution in [3.63, 3.8) is 0 Å². The minimum atomic E-state index is -4.52. The maximum atomic E-state index is 12.9. The summed E-state index contributed by atoms with van der Waals surface area (Å²) in [5, 5.41) is 9.00. The molecule has 0 saturated heterocycles. The summed E-state index contributed by atoms with van der Waals surface area (Å²) in [6.07, 6.45) is -4.16. The first-order valence-corrected chi connectivity index (χ1v) is 10.0. The molecular formula is C22H16Cl2F3NO4. The highest BCUT2D eigenvalue weighted by atomic mass is 35.5. The lowest BCUT2D eigenvalue weighted by molar-refractivity contribution is -0.137. The first-order chi connectivity index (χ1) is 15.1. The van der Waals surface area contributed by atoms with E-state index in [0.717, 1.165) is 17.7 Å². The number of aromatic carboxylic acids is 1. The molecule has 0 spiro atoms. The number of ether oxygens (including phenoxy) is 1. The van der Waals surface area contributed by atoms with Crippen LogP contribution in [0.15, 0.2) is 59.4 Å². The fourth-order valence-electron chi connectivity index (χ4n) is 2.99. The van der Waals surface area contributed by atoms with E-state index in [1.165, 1.54) is 34.9 Å². The minimum absolute atomic E-state index is 0.0332. The second kappa shape index (κ2) is 9.67. The molecule has 2 aromatic carbocycles. The van der Waals surface area contributed by atoms with E-state index < -0.39 is 23.3 Å². The Hall–Kier alpha value is -2.97. The smallest absolute Gasteiger partial charge is 0.416 e. The number of carboxylic acids is 1. The molecule has 1 heterocycles. The Labute approximate surface area is 190 Å². The molecule has 3 rings (SSSR count). The Morgan fingerprint density at radius 1 is 1.03 bits per heavy atom. The lowest BCUT2D eigenvalue weighted by Crippen LogP contribution is -2.26. The zero-order valence-corrected chi connectivity index (χ0v) is 17.8. The molecule has 0 bridgehead atoms. The number of hydrogen-bond acceptors (Lipinski definition) is 3. The van der Waals surface area contributed by atoms with Crippen molar-refractivity contribution in [2.24, 2.45) is 0 Å². The van der Waals surface area contributed by atoms with Gasteiger partial charge in [0.2, 0.25) is 0 Å². The maximum absolute atomic E-state index is 12.9. The number of carbonyl (C=O) groups is 1. The second-order valence-electron chi connectivity index (χ2n) is 6.81. The molecule has 168 valence electrons. The van der Waals surface area contributed by atoms with Gasteiger partial charge < -0.3 is 14.4 Å². The van der Waals surface area contributed by atoms with Crippen molar-refractivity contribution in [3.8, 4) is 5.75 Å². The average molecular weight is 486 g/mol. The first kappa shape index (κ1) is 23.7. The summed E-state index contributed by atoms with van der Waals surface area (Å²) in [7, 11) is 0. The molecular weight excluding hydrogens is 470 g/mol. The lowest BCUT2D eigenvalue weighted by Gasteiger charge is -2.16. The Morgan fingerprint density at radius 3 is 2.34 bits per heavy atom. The van der Waals surface area contributed by atoms with Crippen molar-refractivity contribution in [1.29, 1.82) is 0 Å². The van der Waals surface area contributed by atoms with E-state index in [1.54, 1.807) is 12.1 Å². The van der Waals surface area contributed by atoms with Crippen LogP contribution < -0.4 is 10.3 Å². The SMILES string of the molecule is O=C(O)c1ccc(CCn2c(COc3cccc(C(F)(F)F)c3)c(Cl)cc(Cl)c2=O)cc1. The largest absolute Gasteiger partial charge is 0.487 e. The normalized spacial score (nSPS) is 11.4. The van der Waals surface area contributed by atoms with Crippen molar-refractivity contribution >= 4 is 29.2 Å². The molecule has 0 radical (unpaired) electrons. The topological polar surface area (TPSA) is 68.5 Å². The van der Waals surface area contributed by atoms with Gasteiger partial charge in [0.05, 0.1) is 21.8 Å². The summed E-state index contributed by atoms with van der Waals surface area (Å²) in [6.45, 7) is -0.114. The number of aryl methyl sites for hydroxylation is 1. The maximum Gasteiger partial charge on any atom is 0.416 e. The summed E-state index contributed by atoms with van der Waals surface area (Å²) in [5.74, 6) is -1.09. The summed E-state index contributed by atoms with van der Waals surface area (Å²) >= 11 is 12.2. The third-order valence-corrected chi connectivity index (χ3v) is 5.26. The zero-order chi connectivity index (χ0) is 23.5. The van der Waals surface area contributed by atoms with Crippen LogP contribution in [-0.2, 0) is 25.7 Å². The highest BCUT2D eigenvalue weighted by Gasteiger charge is 2.30. The van der Waals surface area contributed by atoms with Gasteiger partial charge in [-0.15, -0.1) is 0 Å². The third kappa shape index (κ3) is 5.63. The van der Waals surface area contributed by atoms with Gasteiger partial charge in [0.25, 0.3) is 5.56 Å². The Bertz CT molecular complexity index is 1190. The van der Waals surface area contributed by atoms with E-state index in [9.17, 15) is 22.8 Å². The van der Waals surface area contributed by atoms with E-state index in [-0.39, 0.29) is 40.2 Å². The molecule has 0 aliphatic heterocycles. The Kier molecular flexibility index (Phi) is 7.16. The summed E-state index contributed by atoms with van der Waals surface area (Å²) in [5.41, 5.74) is -0.240. The molecule has 0 saturated carbocycles. The van der Waals surface area contributed by atoms with E-state index >= 15 is 0 Å². The summed E-state index contributed by atoms with van der Waals surface area (Å²) in [6, 6.07) is 11.8. The van der Waals surface area contributed by atoms with Crippen LogP contribution in [0.3, 0.4) is 0 Å². The van der Waals surface area contributed by atoms with Gasteiger partial charge >= 0.3 is 12.1 Å². The predicted octanol–water partition coefficient (Wildman–Crippen LogP) is 5.69. The van der Waals surface area contributed by atoms with Crippen LogP contribution in [0.25, 0.3) is 0 Å². The lowest BCUT2D eigenvalue weighted by atomic mass is 10.1. The van der Waals surface area contributed by atoms with Crippen LogP contribution in [0.1, 0.15) is 27.2 Å². The molecule has 0 fully saturated rings. The molecule has 0 atom stereocenters. The summed E-state index contributed by atoms with van der Waals surface area (Å²) in [4.78, 5) is 23.6. The fraction of sp³-hybridized carbons (Fsp3) is 0.182. The van der Waals surface area contributed by atoms with Crippen LogP contribution >= 0.6 is 23.2 Å². The number of carboxylic acid groups (broad SMARTS) is 1. The van der Waals surface area contributed by atoms with Crippen LogP contribution in [-0.4, -0.2) is 15.6 Å². The van der Waals surface area contributed by atoms with E-state index in [0.29, 0.717) is 6.42 Å². The number of nitrogens with zero attached hydrogens (tertiary/aromatic N) is 1. The number of rotatable bonds is 7. The highest BCUT2D eigenvalue weighted by molar-refractivity contribution is 6.34. The van der Waals surface area contributed by atoms with Gasteiger partial charge in [-0.3, -0.25) is 4.79 Å². The number of pyridine rings is 1. The second-order valence-corrected chi connectivity index (χ2v) is 7.62. The minimum Gasteiger partial charge on any atom is -0.487 e. The monoisotopic (exact) mass is 485 g/mol. The van der Waals surface area contributed by atoms with Crippen LogP contribution in [0.5, 0.6) is 5.75 Å². The van der Waals surface area contributed by atoms with E-state index in [2.05, 4.69) is 0 Å². The van der Waals surface area contributed by atoms with Gasteiger partial charge in [-0.05, 0) is 48.4 Å². The Balaban J connectivity index is 1.83. The van der Waals surface area contributed by atoms with Crippen LogP contribution in [0.2, 0.25) is 10.0 Å².